The van der Waals surface area contributed by atoms with Gasteiger partial charge >= 0.3 is 0 Å². The Morgan fingerprint density at radius 2 is 0.556 bits per heavy atom. The summed E-state index contributed by atoms with van der Waals surface area (Å²) in [6, 6.07) is 0. The van der Waals surface area contributed by atoms with Crippen molar-refractivity contribution in [2.45, 2.75) is 153 Å². The van der Waals surface area contributed by atoms with Crippen LogP contribution in [0.25, 0.3) is 0 Å². The number of carbonyl (C=O) groups is 4. The Hall–Kier alpha value is -3.14. The summed E-state index contributed by atoms with van der Waals surface area (Å²) in [5.41, 5.74) is 9.41. The van der Waals surface area contributed by atoms with Gasteiger partial charge in [0.05, 0.1) is 0 Å². The predicted molar refractivity (Wildman–Crippen MR) is 194 cm³/mol. The van der Waals surface area contributed by atoms with Crippen molar-refractivity contribution in [2.24, 2.45) is 0 Å². The average molecular weight is 621 g/mol. The molecule has 0 aliphatic heterocycles. The zero-order valence-corrected chi connectivity index (χ0v) is 30.7. The Morgan fingerprint density at radius 3 is 0.778 bits per heavy atom. The maximum atomic E-state index is 11.3. The van der Waals surface area contributed by atoms with Gasteiger partial charge in [-0.25, -0.2) is 0 Å². The van der Waals surface area contributed by atoms with E-state index in [1.807, 2.05) is 26.0 Å². The third-order valence-corrected chi connectivity index (χ3v) is 7.33. The third-order valence-electron chi connectivity index (χ3n) is 7.33. The molecule has 0 radical (unpaired) electrons. The van der Waals surface area contributed by atoms with Crippen LogP contribution in [0.2, 0.25) is 0 Å². The van der Waals surface area contributed by atoms with Crippen LogP contribution in [-0.2, 0) is 19.2 Å². The summed E-state index contributed by atoms with van der Waals surface area (Å²) in [5.74, 6) is -1.33. The fourth-order valence-corrected chi connectivity index (χ4v) is 4.15. The monoisotopic (exact) mass is 620 g/mol. The second-order valence-corrected chi connectivity index (χ2v) is 12.9. The maximum absolute atomic E-state index is 11.3. The molecule has 0 saturated carbocycles. The molecule has 0 fully saturated rings. The van der Waals surface area contributed by atoms with Gasteiger partial charge in [0.1, 0.15) is 0 Å². The number of allylic oxidation sites excluding steroid dienone is 14. The summed E-state index contributed by atoms with van der Waals surface area (Å²) < 4.78 is 0. The SMILES string of the molecule is CC(=O)C(=O)C/C=C(\C)CC/C=C(\C)CC/C=C(\C)CCC=C(C)C.CC(=O)C(=O)C/C=C(\C)CC/C=C(\C)CCC=C(C)C. The van der Waals surface area contributed by atoms with Gasteiger partial charge in [0.15, 0.2) is 11.6 Å². The molecule has 4 heteroatoms. The summed E-state index contributed by atoms with van der Waals surface area (Å²) in [5, 5.41) is 0. The summed E-state index contributed by atoms with van der Waals surface area (Å²) in [6.45, 7) is 21.8. The minimum absolute atomic E-state index is 0.237. The number of rotatable bonds is 21. The minimum atomic E-state index is -0.357. The highest BCUT2D eigenvalue weighted by molar-refractivity contribution is 6.36. The van der Waals surface area contributed by atoms with Gasteiger partial charge in [0, 0.05) is 26.7 Å². The van der Waals surface area contributed by atoms with Crippen molar-refractivity contribution in [3.05, 3.63) is 81.5 Å². The van der Waals surface area contributed by atoms with Crippen LogP contribution in [0.3, 0.4) is 0 Å². The number of hydrogen-bond acceptors (Lipinski definition) is 4. The van der Waals surface area contributed by atoms with Crippen molar-refractivity contribution in [3.63, 3.8) is 0 Å². The molecular formula is C41H64O4. The first-order chi connectivity index (χ1) is 21.0. The van der Waals surface area contributed by atoms with E-state index >= 15 is 0 Å². The van der Waals surface area contributed by atoms with Gasteiger partial charge in [-0.3, -0.25) is 19.2 Å². The van der Waals surface area contributed by atoms with E-state index in [4.69, 9.17) is 0 Å². The zero-order valence-electron chi connectivity index (χ0n) is 30.7. The van der Waals surface area contributed by atoms with Crippen LogP contribution in [-0.4, -0.2) is 23.1 Å². The van der Waals surface area contributed by atoms with Crippen molar-refractivity contribution in [3.8, 4) is 0 Å². The highest BCUT2D eigenvalue weighted by atomic mass is 16.2. The summed E-state index contributed by atoms with van der Waals surface area (Å²) in [4.78, 5) is 44.2. The van der Waals surface area contributed by atoms with Crippen LogP contribution in [0.1, 0.15) is 153 Å². The molecule has 0 atom stereocenters. The number of carbonyl (C=O) groups excluding carboxylic acids is 4. The van der Waals surface area contributed by atoms with Crippen LogP contribution in [0.5, 0.6) is 0 Å². The highest BCUT2D eigenvalue weighted by Gasteiger charge is 2.05. The molecule has 4 nitrogen and oxygen atoms in total. The second kappa shape index (κ2) is 27.2. The minimum Gasteiger partial charge on any atom is -0.291 e. The van der Waals surface area contributed by atoms with E-state index in [0.29, 0.717) is 0 Å². The molecule has 0 saturated heterocycles. The second-order valence-electron chi connectivity index (χ2n) is 12.9. The Labute approximate surface area is 276 Å². The van der Waals surface area contributed by atoms with Crippen LogP contribution in [0.4, 0.5) is 0 Å². The van der Waals surface area contributed by atoms with Crippen molar-refractivity contribution >= 4 is 23.1 Å². The van der Waals surface area contributed by atoms with Gasteiger partial charge in [-0.2, -0.15) is 0 Å². The van der Waals surface area contributed by atoms with E-state index < -0.39 is 0 Å². The van der Waals surface area contributed by atoms with Crippen LogP contribution >= 0.6 is 0 Å². The van der Waals surface area contributed by atoms with E-state index in [1.165, 1.54) is 52.9 Å². The summed E-state index contributed by atoms with van der Waals surface area (Å²) in [7, 11) is 0. The normalized spacial score (nSPS) is 12.6. The van der Waals surface area contributed by atoms with Gasteiger partial charge in [0.2, 0.25) is 11.6 Å². The topological polar surface area (TPSA) is 68.3 Å². The van der Waals surface area contributed by atoms with E-state index in [9.17, 15) is 19.2 Å². The van der Waals surface area contributed by atoms with Crippen molar-refractivity contribution in [2.75, 3.05) is 0 Å². The molecule has 0 aromatic heterocycles. The van der Waals surface area contributed by atoms with Gasteiger partial charge in [-0.05, 0) is 127 Å². The first-order valence-electron chi connectivity index (χ1n) is 16.7. The molecule has 45 heavy (non-hydrogen) atoms. The fraction of sp³-hybridized carbons (Fsp3) is 0.561. The quantitative estimate of drug-likeness (QED) is 0.0945. The van der Waals surface area contributed by atoms with E-state index in [0.717, 1.165) is 64.2 Å². The predicted octanol–water partition coefficient (Wildman–Crippen LogP) is 11.6. The van der Waals surface area contributed by atoms with Crippen LogP contribution < -0.4 is 0 Å². The van der Waals surface area contributed by atoms with E-state index in [-0.39, 0.29) is 36.0 Å². The largest absolute Gasteiger partial charge is 0.291 e. The zero-order chi connectivity index (χ0) is 34.8. The Balaban J connectivity index is 0. The van der Waals surface area contributed by atoms with E-state index in [1.54, 1.807) is 0 Å². The van der Waals surface area contributed by atoms with Gasteiger partial charge in [0.25, 0.3) is 0 Å². The smallest absolute Gasteiger partial charge is 0.201 e. The van der Waals surface area contributed by atoms with Crippen molar-refractivity contribution < 1.29 is 19.2 Å². The van der Waals surface area contributed by atoms with Gasteiger partial charge in [-0.1, -0.05) is 81.5 Å². The standard InChI is InChI=1S/C23H36O2.C18H28O2/c1-18(2)10-7-11-19(3)12-8-13-20(4)14-9-15-21(5)16-17-23(25)22(6)24;1-14(2)8-6-9-15(3)10-7-11-16(4)12-13-18(20)17(5)19/h10,12,14,16H,7-9,11,13,15,17H2,1-6H3;8,10,12H,6-7,9,11,13H2,1-5H3/b19-12+,20-14+,21-16+;15-10+,16-12+. The lowest BCUT2D eigenvalue weighted by Gasteiger charge is -2.02. The van der Waals surface area contributed by atoms with Gasteiger partial charge in [-0.15, -0.1) is 0 Å². The first kappa shape index (κ1) is 44.0. The first-order valence-corrected chi connectivity index (χ1v) is 16.7. The Morgan fingerprint density at radius 1 is 0.333 bits per heavy atom. The molecule has 0 aliphatic carbocycles. The highest BCUT2D eigenvalue weighted by Crippen LogP contribution is 2.14. The molecule has 0 spiro atoms. The average Bonchev–Trinajstić information content (AvgIpc) is 2.94. The molecular weight excluding hydrogens is 556 g/mol. The van der Waals surface area contributed by atoms with Crippen LogP contribution in [0, 0.1) is 0 Å². The molecule has 0 heterocycles. The third kappa shape index (κ3) is 30.7. The number of Topliss-reactive ketones (excluding diaryl/α,β-unsaturated/α-hetero) is 4. The molecule has 0 N–H and O–H groups in total. The Bertz CT molecular complexity index is 1150. The molecule has 0 amide bonds. The Kier molecular flexibility index (Phi) is 26.6. The van der Waals surface area contributed by atoms with Gasteiger partial charge < -0.3 is 0 Å². The van der Waals surface area contributed by atoms with E-state index in [2.05, 4.69) is 78.8 Å². The van der Waals surface area contributed by atoms with Crippen LogP contribution in [0.15, 0.2) is 81.5 Å². The lowest BCUT2D eigenvalue weighted by atomic mass is 10.0. The molecule has 252 valence electrons. The molecule has 0 rings (SSSR count). The summed E-state index contributed by atoms with van der Waals surface area (Å²) in [6.07, 6.45) is 26.3. The molecule has 0 aromatic rings. The molecule has 0 bridgehead atoms. The maximum Gasteiger partial charge on any atom is 0.201 e. The lowest BCUT2D eigenvalue weighted by molar-refractivity contribution is -0.134. The lowest BCUT2D eigenvalue weighted by Crippen LogP contribution is -2.07. The molecule has 0 unspecified atom stereocenters. The molecule has 0 aliphatic rings. The summed E-state index contributed by atoms with van der Waals surface area (Å²) >= 11 is 0. The van der Waals surface area contributed by atoms with Crippen molar-refractivity contribution in [1.82, 2.24) is 0 Å². The number of ketones is 4. The molecule has 0 aromatic carbocycles. The number of hydrogen-bond donors (Lipinski definition) is 0. The van der Waals surface area contributed by atoms with Crippen molar-refractivity contribution in [1.29, 1.82) is 0 Å². The fourth-order valence-electron chi connectivity index (χ4n) is 4.15.